The maximum absolute atomic E-state index is 11.8. The first-order valence-electron chi connectivity index (χ1n) is 5.68. The molecule has 0 heterocycles. The minimum atomic E-state index is -0.520. The highest BCUT2D eigenvalue weighted by atomic mass is 79.9. The van der Waals surface area contributed by atoms with Crippen molar-refractivity contribution in [3.8, 4) is 0 Å². The molecule has 17 heavy (non-hydrogen) atoms. The molecule has 0 aliphatic rings. The van der Waals surface area contributed by atoms with Gasteiger partial charge in [0.25, 0.3) is 0 Å². The lowest BCUT2D eigenvalue weighted by Crippen LogP contribution is -2.51. The molecule has 0 fully saturated rings. The van der Waals surface area contributed by atoms with Crippen LogP contribution in [0.4, 0.5) is 0 Å². The maximum atomic E-state index is 11.8. The van der Waals surface area contributed by atoms with Crippen molar-refractivity contribution in [2.45, 2.75) is 25.8 Å². The van der Waals surface area contributed by atoms with E-state index in [0.29, 0.717) is 6.54 Å². The lowest BCUT2D eigenvalue weighted by atomic mass is 10.1. The second-order valence-corrected chi connectivity index (χ2v) is 5.33. The van der Waals surface area contributed by atoms with Gasteiger partial charge in [0, 0.05) is 11.0 Å². The number of hydrogen-bond acceptors (Lipinski definition) is 2. The van der Waals surface area contributed by atoms with Gasteiger partial charge in [-0.15, -0.1) is 0 Å². The van der Waals surface area contributed by atoms with Gasteiger partial charge in [-0.05, 0) is 38.9 Å². The van der Waals surface area contributed by atoms with E-state index in [1.165, 1.54) is 5.56 Å². The highest BCUT2D eigenvalue weighted by molar-refractivity contribution is 9.10. The highest BCUT2D eigenvalue weighted by Crippen LogP contribution is 2.15. The van der Waals surface area contributed by atoms with Gasteiger partial charge in [0.15, 0.2) is 0 Å². The molecule has 1 amide bonds. The van der Waals surface area contributed by atoms with Crippen molar-refractivity contribution in [3.63, 3.8) is 0 Å². The Morgan fingerprint density at radius 1 is 1.35 bits per heavy atom. The summed E-state index contributed by atoms with van der Waals surface area (Å²) in [6.07, 6.45) is 0.826. The first kappa shape index (κ1) is 14.2. The molecule has 1 aromatic rings. The van der Waals surface area contributed by atoms with Gasteiger partial charge >= 0.3 is 0 Å². The monoisotopic (exact) mass is 298 g/mol. The van der Waals surface area contributed by atoms with E-state index in [9.17, 15) is 4.79 Å². The summed E-state index contributed by atoms with van der Waals surface area (Å²) in [5, 5.41) is 5.91. The van der Waals surface area contributed by atoms with Gasteiger partial charge < -0.3 is 10.6 Å². The van der Waals surface area contributed by atoms with Crippen LogP contribution in [0, 0.1) is 0 Å². The summed E-state index contributed by atoms with van der Waals surface area (Å²) in [7, 11) is 1.79. The quantitative estimate of drug-likeness (QED) is 0.874. The summed E-state index contributed by atoms with van der Waals surface area (Å²) in [4.78, 5) is 11.8. The van der Waals surface area contributed by atoms with Gasteiger partial charge in [-0.25, -0.2) is 0 Å². The largest absolute Gasteiger partial charge is 0.354 e. The van der Waals surface area contributed by atoms with Crippen molar-refractivity contribution < 1.29 is 4.79 Å². The average Bonchev–Trinajstić information content (AvgIpc) is 2.31. The molecule has 0 aliphatic heterocycles. The summed E-state index contributed by atoms with van der Waals surface area (Å²) >= 11 is 3.49. The number of hydrogen-bond donors (Lipinski definition) is 2. The summed E-state index contributed by atoms with van der Waals surface area (Å²) < 4.78 is 1.09. The zero-order valence-corrected chi connectivity index (χ0v) is 12.1. The topological polar surface area (TPSA) is 41.1 Å². The molecule has 4 heteroatoms. The van der Waals surface area contributed by atoms with E-state index in [1.54, 1.807) is 7.05 Å². The van der Waals surface area contributed by atoms with E-state index >= 15 is 0 Å². The molecular weight excluding hydrogens is 280 g/mol. The summed E-state index contributed by atoms with van der Waals surface area (Å²) in [6, 6.07) is 8.05. The second-order valence-electron chi connectivity index (χ2n) is 4.47. The first-order valence-corrected chi connectivity index (χ1v) is 6.47. The average molecular weight is 299 g/mol. The van der Waals surface area contributed by atoms with E-state index < -0.39 is 5.54 Å². The molecular formula is C13H19BrN2O. The van der Waals surface area contributed by atoms with E-state index in [4.69, 9.17) is 0 Å². The minimum Gasteiger partial charge on any atom is -0.354 e. The lowest BCUT2D eigenvalue weighted by Gasteiger charge is -2.22. The van der Waals surface area contributed by atoms with E-state index in [-0.39, 0.29) is 5.91 Å². The predicted octanol–water partition coefficient (Wildman–Crippen LogP) is 2.11. The van der Waals surface area contributed by atoms with Crippen LogP contribution >= 0.6 is 15.9 Å². The second kappa shape index (κ2) is 6.17. The van der Waals surface area contributed by atoms with Crippen LogP contribution in [-0.2, 0) is 11.2 Å². The molecule has 0 aromatic heterocycles. The molecule has 0 saturated carbocycles. The molecule has 2 N–H and O–H groups in total. The molecule has 3 nitrogen and oxygen atoms in total. The third-order valence-corrected chi connectivity index (χ3v) is 3.60. The number of likely N-dealkylation sites (N-methyl/N-ethyl adjacent to an activating group) is 1. The number of carbonyl (C=O) groups is 1. The molecule has 94 valence electrons. The Labute approximate surface area is 111 Å². The lowest BCUT2D eigenvalue weighted by molar-refractivity contribution is -0.126. The Kier molecular flexibility index (Phi) is 5.15. The summed E-state index contributed by atoms with van der Waals surface area (Å²) in [5.74, 6) is 0.0204. The fraction of sp³-hybridized carbons (Fsp3) is 0.462. The number of nitrogens with one attached hydrogen (secondary N) is 2. The fourth-order valence-corrected chi connectivity index (χ4v) is 1.83. The van der Waals surface area contributed by atoms with Gasteiger partial charge in [-0.1, -0.05) is 34.1 Å². The van der Waals surface area contributed by atoms with Crippen LogP contribution in [0.5, 0.6) is 0 Å². The first-order chi connectivity index (χ1) is 7.97. The minimum absolute atomic E-state index is 0.0204. The molecule has 1 aromatic carbocycles. The molecule has 0 spiro atoms. The molecule has 0 aliphatic carbocycles. The Morgan fingerprint density at radius 2 is 2.00 bits per heavy atom. The summed E-state index contributed by atoms with van der Waals surface area (Å²) in [6.45, 7) is 4.37. The van der Waals surface area contributed by atoms with Crippen molar-refractivity contribution in [3.05, 3.63) is 34.3 Å². The van der Waals surface area contributed by atoms with Crippen LogP contribution in [0.1, 0.15) is 19.4 Å². The van der Waals surface area contributed by atoms with Crippen LogP contribution in [-0.4, -0.2) is 25.0 Å². The van der Waals surface area contributed by atoms with E-state index in [2.05, 4.69) is 32.6 Å². The van der Waals surface area contributed by atoms with Crippen molar-refractivity contribution >= 4 is 21.8 Å². The Balaban J connectivity index is 2.44. The van der Waals surface area contributed by atoms with Crippen LogP contribution in [0.2, 0.25) is 0 Å². The van der Waals surface area contributed by atoms with Crippen molar-refractivity contribution in [1.29, 1.82) is 0 Å². The number of carbonyl (C=O) groups excluding carboxylic acids is 1. The van der Waals surface area contributed by atoms with Gasteiger partial charge in [0.05, 0.1) is 5.54 Å². The SMILES string of the molecule is CNC(C)(C)C(=O)NCCc1ccccc1Br. The molecule has 0 saturated heterocycles. The number of rotatable bonds is 5. The Hall–Kier alpha value is -0.870. The molecule has 0 atom stereocenters. The van der Waals surface area contributed by atoms with Crippen LogP contribution in [0.25, 0.3) is 0 Å². The van der Waals surface area contributed by atoms with Crippen LogP contribution in [0.3, 0.4) is 0 Å². The molecule has 0 unspecified atom stereocenters. The van der Waals surface area contributed by atoms with Crippen LogP contribution < -0.4 is 10.6 Å². The van der Waals surface area contributed by atoms with Crippen LogP contribution in [0.15, 0.2) is 28.7 Å². The standard InChI is InChI=1S/C13H19BrN2O/c1-13(2,15-3)12(17)16-9-8-10-6-4-5-7-11(10)14/h4-7,15H,8-9H2,1-3H3,(H,16,17). The predicted molar refractivity (Wildman–Crippen MR) is 74.0 cm³/mol. The maximum Gasteiger partial charge on any atom is 0.239 e. The summed E-state index contributed by atoms with van der Waals surface area (Å²) in [5.41, 5.74) is 0.684. The van der Waals surface area contributed by atoms with Crippen molar-refractivity contribution in [2.24, 2.45) is 0 Å². The smallest absolute Gasteiger partial charge is 0.239 e. The fourth-order valence-electron chi connectivity index (χ4n) is 1.35. The zero-order chi connectivity index (χ0) is 12.9. The van der Waals surface area contributed by atoms with Gasteiger partial charge in [-0.2, -0.15) is 0 Å². The van der Waals surface area contributed by atoms with Gasteiger partial charge in [-0.3, -0.25) is 4.79 Å². The van der Waals surface area contributed by atoms with Crippen molar-refractivity contribution in [1.82, 2.24) is 10.6 Å². The van der Waals surface area contributed by atoms with E-state index in [0.717, 1.165) is 10.9 Å². The molecule has 0 bridgehead atoms. The number of benzene rings is 1. The Morgan fingerprint density at radius 3 is 2.59 bits per heavy atom. The molecule has 1 rings (SSSR count). The van der Waals surface area contributed by atoms with E-state index in [1.807, 2.05) is 32.0 Å². The Bertz CT molecular complexity index is 391. The zero-order valence-electron chi connectivity index (χ0n) is 10.5. The third-order valence-electron chi connectivity index (χ3n) is 2.83. The van der Waals surface area contributed by atoms with Gasteiger partial charge in [0.2, 0.25) is 5.91 Å². The number of halogens is 1. The normalized spacial score (nSPS) is 11.3. The number of amides is 1. The third kappa shape index (κ3) is 4.13. The highest BCUT2D eigenvalue weighted by Gasteiger charge is 2.24. The van der Waals surface area contributed by atoms with Gasteiger partial charge in [0.1, 0.15) is 0 Å². The van der Waals surface area contributed by atoms with Crippen molar-refractivity contribution in [2.75, 3.05) is 13.6 Å². The molecule has 0 radical (unpaired) electrons.